The minimum absolute atomic E-state index is 0.104. The van der Waals surface area contributed by atoms with E-state index in [0.717, 1.165) is 60.4 Å². The predicted molar refractivity (Wildman–Crippen MR) is 158 cm³/mol. The van der Waals surface area contributed by atoms with Crippen LogP contribution in [0.5, 0.6) is 0 Å². The first kappa shape index (κ1) is 28.7. The zero-order chi connectivity index (χ0) is 26.5. The molecule has 0 aromatic rings. The predicted octanol–water partition coefficient (Wildman–Crippen LogP) is 9.10. The van der Waals surface area contributed by atoms with Crippen LogP contribution in [-0.2, 0) is 9.53 Å². The zero-order valence-electron chi connectivity index (χ0n) is 25.0. The molecule has 0 N–H and O–H groups in total. The Morgan fingerprint density at radius 2 is 0.868 bits per heavy atom. The highest BCUT2D eigenvalue weighted by molar-refractivity contribution is 5.81. The van der Waals surface area contributed by atoms with Crippen molar-refractivity contribution in [2.75, 3.05) is 0 Å². The molecule has 38 heavy (non-hydrogen) atoms. The van der Waals surface area contributed by atoms with Gasteiger partial charge in [0.25, 0.3) is 0 Å². The number of hydrogen-bond acceptors (Lipinski definition) is 3. The summed E-state index contributed by atoms with van der Waals surface area (Å²) in [6.07, 6.45) is 29.4. The van der Waals surface area contributed by atoms with E-state index in [1.54, 1.807) is 0 Å². The van der Waals surface area contributed by atoms with Gasteiger partial charge in [-0.05, 0) is 138 Å². The molecule has 5 rings (SSSR count). The molecule has 0 bridgehead atoms. The van der Waals surface area contributed by atoms with Gasteiger partial charge >= 0.3 is 5.97 Å². The molecule has 0 atom stereocenters. The monoisotopic (exact) mass is 525 g/mol. The van der Waals surface area contributed by atoms with Crippen LogP contribution in [0.15, 0.2) is 12.7 Å². The normalized spacial score (nSPS) is 42.9. The first-order valence-corrected chi connectivity index (χ1v) is 17.1. The second-order valence-electron chi connectivity index (χ2n) is 14.7. The van der Waals surface area contributed by atoms with Gasteiger partial charge in [-0.2, -0.15) is 0 Å². The van der Waals surface area contributed by atoms with Gasteiger partial charge in [0.05, 0.1) is 0 Å². The highest BCUT2D eigenvalue weighted by Gasteiger charge is 2.40. The fourth-order valence-electron chi connectivity index (χ4n) is 9.82. The van der Waals surface area contributed by atoms with E-state index in [0.29, 0.717) is 6.04 Å². The Kier molecular flexibility index (Phi) is 10.3. The van der Waals surface area contributed by atoms with Crippen LogP contribution < -0.4 is 0 Å². The third-order valence-corrected chi connectivity index (χ3v) is 12.3. The van der Waals surface area contributed by atoms with E-state index in [9.17, 15) is 4.79 Å². The maximum Gasteiger partial charge on any atom is 0.330 e. The largest absolute Gasteiger partial charge is 0.459 e. The number of hydrogen-bond donors (Lipinski definition) is 0. The van der Waals surface area contributed by atoms with Gasteiger partial charge in [-0.3, -0.25) is 4.90 Å². The van der Waals surface area contributed by atoms with Crippen LogP contribution in [-0.4, -0.2) is 35.1 Å². The Labute approximate surface area is 234 Å². The Hall–Kier alpha value is -0.830. The second kappa shape index (κ2) is 13.7. The van der Waals surface area contributed by atoms with Gasteiger partial charge in [-0.15, -0.1) is 0 Å². The summed E-state index contributed by atoms with van der Waals surface area (Å²) < 4.78 is 5.66. The molecule has 0 aromatic carbocycles. The van der Waals surface area contributed by atoms with Crippen LogP contribution in [0.4, 0.5) is 0 Å². The molecular formula is C35H59NO2. The van der Waals surface area contributed by atoms with E-state index in [2.05, 4.69) is 25.3 Å². The van der Waals surface area contributed by atoms with E-state index in [4.69, 9.17) is 4.74 Å². The van der Waals surface area contributed by atoms with Gasteiger partial charge in [0.1, 0.15) is 6.10 Å². The molecule has 0 amide bonds. The fraction of sp³-hybridized carbons (Fsp3) is 0.914. The molecule has 0 unspecified atom stereocenters. The summed E-state index contributed by atoms with van der Waals surface area (Å²) in [7, 11) is 0. The summed E-state index contributed by atoms with van der Waals surface area (Å²) in [4.78, 5) is 14.9. The van der Waals surface area contributed by atoms with Crippen molar-refractivity contribution in [3.8, 4) is 0 Å². The van der Waals surface area contributed by atoms with Crippen LogP contribution >= 0.6 is 0 Å². The molecule has 0 heterocycles. The first-order valence-electron chi connectivity index (χ1n) is 17.1. The van der Waals surface area contributed by atoms with Crippen molar-refractivity contribution in [1.82, 2.24) is 4.90 Å². The van der Waals surface area contributed by atoms with Crippen molar-refractivity contribution < 1.29 is 9.53 Å². The van der Waals surface area contributed by atoms with Gasteiger partial charge in [-0.1, -0.05) is 46.1 Å². The minimum Gasteiger partial charge on any atom is -0.459 e. The highest BCUT2D eigenvalue weighted by Crippen LogP contribution is 2.45. The Morgan fingerprint density at radius 1 is 0.553 bits per heavy atom. The third kappa shape index (κ3) is 7.27. The number of nitrogens with zero attached hydrogens (tertiary/aromatic N) is 1. The molecule has 0 spiro atoms. The van der Waals surface area contributed by atoms with Gasteiger partial charge in [0.2, 0.25) is 0 Å². The number of carbonyl (C=O) groups excluding carboxylic acids is 1. The lowest BCUT2D eigenvalue weighted by molar-refractivity contribution is -0.145. The maximum atomic E-state index is 11.8. The van der Waals surface area contributed by atoms with E-state index in [1.165, 1.54) is 122 Å². The fourth-order valence-corrected chi connectivity index (χ4v) is 9.82. The number of rotatable bonds is 7. The molecule has 5 aliphatic rings. The Balaban J connectivity index is 1.19. The topological polar surface area (TPSA) is 29.5 Å². The lowest BCUT2D eigenvalue weighted by atomic mass is 9.69. The minimum atomic E-state index is -0.240. The van der Waals surface area contributed by atoms with Crippen molar-refractivity contribution >= 4 is 5.97 Å². The van der Waals surface area contributed by atoms with Crippen molar-refractivity contribution in [1.29, 1.82) is 0 Å². The van der Waals surface area contributed by atoms with Crippen LogP contribution in [0.3, 0.4) is 0 Å². The molecule has 3 heteroatoms. The van der Waals surface area contributed by atoms with Crippen LogP contribution in [0, 0.1) is 35.5 Å². The van der Waals surface area contributed by atoms with E-state index in [1.807, 2.05) is 0 Å². The Bertz CT molecular complexity index is 683. The smallest absolute Gasteiger partial charge is 0.330 e. The molecule has 3 nitrogen and oxygen atoms in total. The number of esters is 1. The molecule has 0 aromatic heterocycles. The van der Waals surface area contributed by atoms with Crippen molar-refractivity contribution in [2.45, 2.75) is 166 Å². The lowest BCUT2D eigenvalue weighted by Crippen LogP contribution is -2.53. The third-order valence-electron chi connectivity index (χ3n) is 12.3. The zero-order valence-corrected chi connectivity index (χ0v) is 25.0. The molecule has 5 aliphatic carbocycles. The molecule has 0 saturated heterocycles. The average molecular weight is 526 g/mol. The summed E-state index contributed by atoms with van der Waals surface area (Å²) in [6.45, 7) is 8.52. The molecule has 0 radical (unpaired) electrons. The first-order chi connectivity index (χ1) is 18.5. The van der Waals surface area contributed by atoms with Crippen molar-refractivity contribution in [3.63, 3.8) is 0 Å². The van der Waals surface area contributed by atoms with Crippen LogP contribution in [0.2, 0.25) is 0 Å². The molecule has 216 valence electrons. The second-order valence-corrected chi connectivity index (χ2v) is 14.7. The van der Waals surface area contributed by atoms with Crippen molar-refractivity contribution in [2.24, 2.45) is 35.5 Å². The summed E-state index contributed by atoms with van der Waals surface area (Å²) in [5.74, 6) is 5.72. The molecule has 5 saturated carbocycles. The summed E-state index contributed by atoms with van der Waals surface area (Å²) in [6, 6.07) is 2.29. The lowest BCUT2D eigenvalue weighted by Gasteiger charge is -2.50. The number of ether oxygens (including phenoxy) is 1. The van der Waals surface area contributed by atoms with Crippen LogP contribution in [0.1, 0.15) is 142 Å². The van der Waals surface area contributed by atoms with Crippen molar-refractivity contribution in [3.05, 3.63) is 12.7 Å². The Morgan fingerprint density at radius 3 is 1.21 bits per heavy atom. The van der Waals surface area contributed by atoms with Gasteiger partial charge in [0.15, 0.2) is 0 Å². The molecule has 5 fully saturated rings. The van der Waals surface area contributed by atoms with Gasteiger partial charge in [-0.25, -0.2) is 4.79 Å². The average Bonchev–Trinajstić information content (AvgIpc) is 2.96. The number of carbonyl (C=O) groups is 1. The highest BCUT2D eigenvalue weighted by atomic mass is 16.5. The van der Waals surface area contributed by atoms with Gasteiger partial charge < -0.3 is 4.74 Å². The standard InChI is InChI=1S/C35H59NO2/c1-4-35(37)38-34-23-21-33(22-24-34)36(31-17-13-29(14-18-31)27-9-5-25(2)6-10-27)32-19-15-30(16-20-32)28-11-7-26(3)8-12-28/h4,25-34H,1,5-24H2,2-3H3. The van der Waals surface area contributed by atoms with E-state index >= 15 is 0 Å². The summed E-state index contributed by atoms with van der Waals surface area (Å²) in [5.41, 5.74) is 0. The maximum absolute atomic E-state index is 11.8. The van der Waals surface area contributed by atoms with Crippen LogP contribution in [0.25, 0.3) is 0 Å². The SMILES string of the molecule is C=CC(=O)OC1CCC(N(C2CCC(C3CCC(C)CC3)CC2)C2CCC(C3CCC(C)CC3)CC2)CC1. The summed E-state index contributed by atoms with van der Waals surface area (Å²) >= 11 is 0. The van der Waals surface area contributed by atoms with Gasteiger partial charge in [0, 0.05) is 24.2 Å². The molecular weight excluding hydrogens is 466 g/mol. The van der Waals surface area contributed by atoms with E-state index in [-0.39, 0.29) is 12.1 Å². The molecule has 0 aliphatic heterocycles. The quantitative estimate of drug-likeness (QED) is 0.245. The van der Waals surface area contributed by atoms with E-state index < -0.39 is 0 Å². The summed E-state index contributed by atoms with van der Waals surface area (Å²) in [5, 5.41) is 0.